The smallest absolute Gasteiger partial charge is 0.176 e. The zero-order valence-corrected chi connectivity index (χ0v) is 14.4. The van der Waals surface area contributed by atoms with Crippen molar-refractivity contribution in [2.45, 2.75) is 18.2 Å². The lowest BCUT2D eigenvalue weighted by Crippen LogP contribution is -2.02. The van der Waals surface area contributed by atoms with Crippen molar-refractivity contribution in [3.8, 4) is 5.75 Å². The van der Waals surface area contributed by atoms with Crippen LogP contribution in [-0.2, 0) is 10.7 Å². The quantitative estimate of drug-likeness (QED) is 0.424. The Balaban J connectivity index is 2.02. The summed E-state index contributed by atoms with van der Waals surface area (Å²) >= 11 is 0. The molecule has 0 radical (unpaired) electrons. The number of fused-ring (bicyclic) bond motifs is 1. The van der Waals surface area contributed by atoms with Crippen LogP contribution >= 0.6 is 0 Å². The fraction of sp³-hybridized carbons (Fsp3) is 0.105. The number of hydrogen-bond acceptors (Lipinski definition) is 4. The lowest BCUT2D eigenvalue weighted by Gasteiger charge is -2.08. The highest BCUT2D eigenvalue weighted by molar-refractivity contribution is 7.72. The Labute approximate surface area is 146 Å². The second-order valence-electron chi connectivity index (χ2n) is 5.38. The summed E-state index contributed by atoms with van der Waals surface area (Å²) in [6.07, 6.45) is 0.554. The number of nitrogens with zero attached hydrogens (tertiary/aromatic N) is 1. The molecule has 0 atom stereocenters. The first-order valence-corrected chi connectivity index (χ1v) is 8.94. The molecule has 0 fully saturated rings. The van der Waals surface area contributed by atoms with E-state index in [1.54, 1.807) is 36.4 Å². The Morgan fingerprint density at radius 2 is 1.76 bits per heavy atom. The van der Waals surface area contributed by atoms with Crippen molar-refractivity contribution in [1.82, 2.24) is 0 Å². The molecule has 25 heavy (non-hydrogen) atoms. The Morgan fingerprint density at radius 1 is 1.04 bits per heavy atom. The summed E-state index contributed by atoms with van der Waals surface area (Å²) in [5, 5.41) is 5.49. The maximum atomic E-state index is 13.1. The molecule has 0 unspecified atom stereocenters. The van der Waals surface area contributed by atoms with E-state index in [9.17, 15) is 12.8 Å². The van der Waals surface area contributed by atoms with E-state index in [0.717, 1.165) is 10.9 Å². The fourth-order valence-corrected chi connectivity index (χ4v) is 3.26. The maximum Gasteiger partial charge on any atom is 0.176 e. The van der Waals surface area contributed by atoms with Crippen LogP contribution in [0.1, 0.15) is 18.9 Å². The predicted octanol–water partition coefficient (Wildman–Crippen LogP) is 4.14. The van der Waals surface area contributed by atoms with Crippen LogP contribution in [0.25, 0.3) is 10.8 Å². The predicted molar refractivity (Wildman–Crippen MR) is 96.4 cm³/mol. The van der Waals surface area contributed by atoms with Gasteiger partial charge in [-0.1, -0.05) is 54.5 Å². The van der Waals surface area contributed by atoms with Crippen LogP contribution in [0, 0.1) is 5.82 Å². The van der Waals surface area contributed by atoms with Gasteiger partial charge in [0.05, 0.1) is 5.71 Å². The van der Waals surface area contributed by atoms with Crippen LogP contribution in [0.5, 0.6) is 5.75 Å². The minimum Gasteiger partial charge on any atom is -0.355 e. The molecule has 0 spiro atoms. The van der Waals surface area contributed by atoms with Gasteiger partial charge in [0, 0.05) is 5.39 Å². The largest absolute Gasteiger partial charge is 0.355 e. The summed E-state index contributed by atoms with van der Waals surface area (Å²) < 4.78 is 36.5. The second-order valence-corrected chi connectivity index (χ2v) is 6.34. The number of hydrogen-bond donors (Lipinski definition) is 1. The minimum atomic E-state index is -2.85. The molecule has 3 aromatic rings. The SMILES string of the molecule is CCC(=NOc1ccc2ccccc2c1[SH](=O)=O)c1ccc(F)cc1. The van der Waals surface area contributed by atoms with Crippen LogP contribution in [0.15, 0.2) is 70.7 Å². The van der Waals surface area contributed by atoms with Crippen molar-refractivity contribution in [3.63, 3.8) is 0 Å². The number of thiol groups is 1. The van der Waals surface area contributed by atoms with E-state index >= 15 is 0 Å². The number of benzene rings is 3. The molecule has 3 aromatic carbocycles. The third-order valence-electron chi connectivity index (χ3n) is 3.81. The summed E-state index contributed by atoms with van der Waals surface area (Å²) in [6.45, 7) is 1.89. The molecule has 128 valence electrons. The van der Waals surface area contributed by atoms with E-state index in [1.165, 1.54) is 12.1 Å². The Hall–Kier alpha value is -2.73. The molecule has 0 bridgehead atoms. The van der Waals surface area contributed by atoms with Crippen LogP contribution < -0.4 is 4.84 Å². The summed E-state index contributed by atoms with van der Waals surface area (Å²) in [5.41, 5.74) is 1.32. The fourth-order valence-electron chi connectivity index (χ4n) is 2.57. The second kappa shape index (κ2) is 7.44. The van der Waals surface area contributed by atoms with Gasteiger partial charge in [0.2, 0.25) is 0 Å². The molecular weight excluding hydrogens is 341 g/mol. The Bertz CT molecular complexity index is 1000. The highest BCUT2D eigenvalue weighted by Gasteiger charge is 2.12. The van der Waals surface area contributed by atoms with Crippen LogP contribution in [0.2, 0.25) is 0 Å². The lowest BCUT2D eigenvalue weighted by molar-refractivity contribution is 0.332. The number of oxime groups is 1. The molecule has 0 heterocycles. The summed E-state index contributed by atoms with van der Waals surface area (Å²) in [6, 6.07) is 16.4. The van der Waals surface area contributed by atoms with Gasteiger partial charge >= 0.3 is 0 Å². The van der Waals surface area contributed by atoms with Crippen molar-refractivity contribution in [2.24, 2.45) is 5.16 Å². The van der Waals surface area contributed by atoms with E-state index in [2.05, 4.69) is 5.16 Å². The van der Waals surface area contributed by atoms with Crippen molar-refractivity contribution in [2.75, 3.05) is 0 Å². The molecule has 0 aliphatic carbocycles. The van der Waals surface area contributed by atoms with Gasteiger partial charge in [0.15, 0.2) is 16.5 Å². The molecule has 0 aliphatic rings. The van der Waals surface area contributed by atoms with Gasteiger partial charge in [0.25, 0.3) is 0 Å². The molecule has 4 nitrogen and oxygen atoms in total. The molecular formula is C19H16FNO3S. The zero-order chi connectivity index (χ0) is 17.8. The first-order chi connectivity index (χ1) is 12.1. The van der Waals surface area contributed by atoms with E-state index in [-0.39, 0.29) is 16.5 Å². The molecule has 0 aromatic heterocycles. The molecule has 6 heteroatoms. The standard InChI is InChI=1S/C19H16FNO3S/c1-2-17(14-7-10-15(20)11-8-14)21-24-18-12-9-13-5-3-4-6-16(13)19(18)25(22)23/h3-12,25H,2H2,1H3. The molecule has 0 N–H and O–H groups in total. The maximum absolute atomic E-state index is 13.1. The third kappa shape index (κ3) is 3.69. The van der Waals surface area contributed by atoms with Crippen molar-refractivity contribution >= 4 is 27.2 Å². The van der Waals surface area contributed by atoms with Gasteiger partial charge < -0.3 is 4.84 Å². The minimum absolute atomic E-state index is 0.103. The third-order valence-corrected chi connectivity index (χ3v) is 4.64. The van der Waals surface area contributed by atoms with E-state index in [0.29, 0.717) is 17.5 Å². The van der Waals surface area contributed by atoms with Crippen molar-refractivity contribution in [3.05, 3.63) is 72.0 Å². The first-order valence-electron chi connectivity index (χ1n) is 7.76. The molecule has 0 saturated heterocycles. The first kappa shape index (κ1) is 17.1. The van der Waals surface area contributed by atoms with E-state index in [4.69, 9.17) is 4.84 Å². The topological polar surface area (TPSA) is 55.7 Å². The van der Waals surface area contributed by atoms with Gasteiger partial charge in [-0.25, -0.2) is 12.8 Å². The van der Waals surface area contributed by atoms with E-state index in [1.807, 2.05) is 19.1 Å². The van der Waals surface area contributed by atoms with Crippen LogP contribution in [-0.4, -0.2) is 14.1 Å². The van der Waals surface area contributed by atoms with Crippen molar-refractivity contribution in [1.29, 1.82) is 0 Å². The molecule has 0 aliphatic heterocycles. The van der Waals surface area contributed by atoms with Gasteiger partial charge in [-0.15, -0.1) is 0 Å². The average Bonchev–Trinajstić information content (AvgIpc) is 2.63. The highest BCUT2D eigenvalue weighted by Crippen LogP contribution is 2.29. The van der Waals surface area contributed by atoms with Crippen LogP contribution in [0.4, 0.5) is 4.39 Å². The zero-order valence-electron chi connectivity index (χ0n) is 13.5. The normalized spacial score (nSPS) is 11.9. The summed E-state index contributed by atoms with van der Waals surface area (Å²) in [7, 11) is -2.85. The monoisotopic (exact) mass is 357 g/mol. The highest BCUT2D eigenvalue weighted by atomic mass is 32.2. The summed E-state index contributed by atoms with van der Waals surface area (Å²) in [4.78, 5) is 5.56. The van der Waals surface area contributed by atoms with E-state index < -0.39 is 10.7 Å². The van der Waals surface area contributed by atoms with Gasteiger partial charge in [-0.05, 0) is 35.6 Å². The van der Waals surface area contributed by atoms with Gasteiger partial charge in [-0.3, -0.25) is 0 Å². The Kier molecular flexibility index (Phi) is 5.09. The summed E-state index contributed by atoms with van der Waals surface area (Å²) in [5.74, 6) is -0.164. The van der Waals surface area contributed by atoms with Gasteiger partial charge in [0.1, 0.15) is 10.7 Å². The molecule has 0 amide bonds. The van der Waals surface area contributed by atoms with Crippen molar-refractivity contribution < 1.29 is 17.6 Å². The number of halogens is 1. The molecule has 3 rings (SSSR count). The van der Waals surface area contributed by atoms with Crippen LogP contribution in [0.3, 0.4) is 0 Å². The average molecular weight is 357 g/mol. The van der Waals surface area contributed by atoms with Gasteiger partial charge in [-0.2, -0.15) is 0 Å². The Morgan fingerprint density at radius 3 is 2.44 bits per heavy atom. The number of rotatable bonds is 5. The lowest BCUT2D eigenvalue weighted by atomic mass is 10.1. The molecule has 0 saturated carbocycles.